The van der Waals surface area contributed by atoms with Crippen molar-refractivity contribution in [3.05, 3.63) is 35.9 Å². The highest BCUT2D eigenvalue weighted by atomic mass is 35.5. The predicted molar refractivity (Wildman–Crippen MR) is 57.1 cm³/mol. The lowest BCUT2D eigenvalue weighted by atomic mass is 10.0. The minimum Gasteiger partial charge on any atom is -0.480 e. The van der Waals surface area contributed by atoms with Crippen LogP contribution >= 0.6 is 34.8 Å². The third-order valence-electron chi connectivity index (χ3n) is 1.81. The third-order valence-corrected chi connectivity index (χ3v) is 3.28. The van der Waals surface area contributed by atoms with E-state index in [4.69, 9.17) is 39.9 Å². The minimum absolute atomic E-state index is 0.365. The molecule has 0 aromatic heterocycles. The van der Waals surface area contributed by atoms with E-state index in [-0.39, 0.29) is 0 Å². The summed E-state index contributed by atoms with van der Waals surface area (Å²) in [5.41, 5.74) is 0.365. The number of halogens is 3. The third kappa shape index (κ3) is 1.97. The Hall–Kier alpha value is -0.440. The molecule has 1 aromatic rings. The molecule has 5 heteroatoms. The molecule has 0 amide bonds. The molecule has 0 aliphatic heterocycles. The number of hydrogen-bond acceptors (Lipinski definition) is 1. The standard InChI is InChI=1S/C9H7Cl3O2/c10-7(11)9(12,8(13)14)6-4-2-1-3-5-6/h1-5,7H,(H,13,14). The van der Waals surface area contributed by atoms with Gasteiger partial charge in [0.25, 0.3) is 0 Å². The fourth-order valence-electron chi connectivity index (χ4n) is 1.02. The van der Waals surface area contributed by atoms with E-state index >= 15 is 0 Å². The highest BCUT2D eigenvalue weighted by Gasteiger charge is 2.44. The smallest absolute Gasteiger partial charge is 0.332 e. The number of carboxylic acids is 1. The van der Waals surface area contributed by atoms with Gasteiger partial charge in [-0.1, -0.05) is 41.9 Å². The van der Waals surface area contributed by atoms with Gasteiger partial charge in [-0.3, -0.25) is 0 Å². The Morgan fingerprint density at radius 2 is 1.79 bits per heavy atom. The van der Waals surface area contributed by atoms with Gasteiger partial charge in [0.1, 0.15) is 4.84 Å². The molecule has 2 nitrogen and oxygen atoms in total. The van der Waals surface area contributed by atoms with Crippen molar-refractivity contribution in [2.45, 2.75) is 9.71 Å². The maximum atomic E-state index is 11.0. The first-order chi connectivity index (χ1) is 6.49. The SMILES string of the molecule is O=C(O)C(Cl)(c1ccccc1)C(Cl)Cl. The van der Waals surface area contributed by atoms with E-state index in [1.807, 2.05) is 0 Å². The van der Waals surface area contributed by atoms with Crippen molar-refractivity contribution >= 4 is 40.8 Å². The largest absolute Gasteiger partial charge is 0.480 e. The van der Waals surface area contributed by atoms with Crippen LogP contribution in [0.15, 0.2) is 30.3 Å². The Kier molecular flexibility index (Phi) is 3.65. The molecule has 0 bridgehead atoms. The Morgan fingerprint density at radius 3 is 2.14 bits per heavy atom. The molecule has 0 aliphatic rings. The van der Waals surface area contributed by atoms with Gasteiger partial charge < -0.3 is 5.11 Å². The van der Waals surface area contributed by atoms with E-state index in [0.29, 0.717) is 5.56 Å². The Morgan fingerprint density at radius 1 is 1.29 bits per heavy atom. The summed E-state index contributed by atoms with van der Waals surface area (Å²) in [6.45, 7) is 0. The molecule has 0 saturated carbocycles. The van der Waals surface area contributed by atoms with Crippen LogP contribution in [0.3, 0.4) is 0 Å². The summed E-state index contributed by atoms with van der Waals surface area (Å²) in [5.74, 6) is -1.26. The van der Waals surface area contributed by atoms with E-state index in [1.54, 1.807) is 30.3 Å². The van der Waals surface area contributed by atoms with Crippen molar-refractivity contribution in [2.24, 2.45) is 0 Å². The first-order valence-electron chi connectivity index (χ1n) is 3.75. The Labute approximate surface area is 96.4 Å². The number of aliphatic carboxylic acids is 1. The van der Waals surface area contributed by atoms with Crippen LogP contribution in [0.5, 0.6) is 0 Å². The summed E-state index contributed by atoms with van der Waals surface area (Å²) in [7, 11) is 0. The number of rotatable bonds is 3. The zero-order valence-corrected chi connectivity index (χ0v) is 9.22. The molecule has 76 valence electrons. The molecule has 0 heterocycles. The number of alkyl halides is 3. The van der Waals surface area contributed by atoms with Crippen LogP contribution in [0.1, 0.15) is 5.56 Å². The van der Waals surface area contributed by atoms with Gasteiger partial charge in [0.15, 0.2) is 4.87 Å². The molecule has 1 aromatic carbocycles. The van der Waals surface area contributed by atoms with Crippen molar-refractivity contribution in [1.82, 2.24) is 0 Å². The molecule has 1 rings (SSSR count). The van der Waals surface area contributed by atoms with Crippen LogP contribution in [0.2, 0.25) is 0 Å². The average Bonchev–Trinajstić information content (AvgIpc) is 2.17. The second-order valence-corrected chi connectivity index (χ2v) is 4.38. The van der Waals surface area contributed by atoms with Crippen molar-refractivity contribution < 1.29 is 9.90 Å². The normalized spacial score (nSPS) is 15.1. The molecule has 0 fully saturated rings. The number of carbonyl (C=O) groups is 1. The summed E-state index contributed by atoms with van der Waals surface area (Å²) in [6.07, 6.45) is 0. The van der Waals surface area contributed by atoms with Crippen LogP contribution in [0.25, 0.3) is 0 Å². The van der Waals surface area contributed by atoms with Crippen LogP contribution < -0.4 is 0 Å². The van der Waals surface area contributed by atoms with E-state index in [1.165, 1.54) is 0 Å². The zero-order chi connectivity index (χ0) is 10.8. The van der Waals surface area contributed by atoms with Crippen LogP contribution in [-0.2, 0) is 9.67 Å². The van der Waals surface area contributed by atoms with Crippen LogP contribution in [0, 0.1) is 0 Å². The summed E-state index contributed by atoms with van der Waals surface area (Å²) in [4.78, 5) is 7.96. The summed E-state index contributed by atoms with van der Waals surface area (Å²) in [5, 5.41) is 8.96. The molecule has 14 heavy (non-hydrogen) atoms. The lowest BCUT2D eigenvalue weighted by Gasteiger charge is -2.23. The van der Waals surface area contributed by atoms with Crippen molar-refractivity contribution in [3.8, 4) is 0 Å². The fraction of sp³-hybridized carbons (Fsp3) is 0.222. The number of benzene rings is 1. The fourth-order valence-corrected chi connectivity index (χ4v) is 1.59. The van der Waals surface area contributed by atoms with Crippen LogP contribution in [-0.4, -0.2) is 15.9 Å². The van der Waals surface area contributed by atoms with Crippen molar-refractivity contribution in [2.75, 3.05) is 0 Å². The number of carboxylic acid groups (broad SMARTS) is 1. The molecule has 0 aliphatic carbocycles. The van der Waals surface area contributed by atoms with Gasteiger partial charge in [-0.2, -0.15) is 0 Å². The average molecular weight is 254 g/mol. The Bertz CT molecular complexity index is 326. The molecule has 1 unspecified atom stereocenters. The zero-order valence-electron chi connectivity index (χ0n) is 6.95. The van der Waals surface area contributed by atoms with E-state index < -0.39 is 15.7 Å². The summed E-state index contributed by atoms with van der Waals surface area (Å²) in [6, 6.07) is 8.23. The maximum Gasteiger partial charge on any atom is 0.332 e. The summed E-state index contributed by atoms with van der Waals surface area (Å²) >= 11 is 17.0. The second-order valence-electron chi connectivity index (χ2n) is 2.68. The monoisotopic (exact) mass is 252 g/mol. The van der Waals surface area contributed by atoms with Gasteiger partial charge in [-0.15, -0.1) is 23.2 Å². The first kappa shape index (κ1) is 11.6. The van der Waals surface area contributed by atoms with E-state index in [0.717, 1.165) is 0 Å². The van der Waals surface area contributed by atoms with E-state index in [2.05, 4.69) is 0 Å². The quantitative estimate of drug-likeness (QED) is 0.841. The topological polar surface area (TPSA) is 37.3 Å². The lowest BCUT2D eigenvalue weighted by molar-refractivity contribution is -0.140. The highest BCUT2D eigenvalue weighted by molar-refractivity contribution is 6.52. The summed E-state index contributed by atoms with van der Waals surface area (Å²) < 4.78 is 0. The Balaban J connectivity index is 3.20. The van der Waals surface area contributed by atoms with Crippen LogP contribution in [0.4, 0.5) is 0 Å². The van der Waals surface area contributed by atoms with Gasteiger partial charge in [0.05, 0.1) is 0 Å². The molecule has 1 atom stereocenters. The molecule has 0 radical (unpaired) electrons. The first-order valence-corrected chi connectivity index (χ1v) is 5.00. The molecule has 1 N–H and O–H groups in total. The predicted octanol–water partition coefficient (Wildman–Crippen LogP) is 3.01. The molecular formula is C9H7Cl3O2. The lowest BCUT2D eigenvalue weighted by Crippen LogP contribution is -2.36. The van der Waals surface area contributed by atoms with Gasteiger partial charge >= 0.3 is 5.97 Å². The van der Waals surface area contributed by atoms with Gasteiger partial charge in [0.2, 0.25) is 0 Å². The van der Waals surface area contributed by atoms with Crippen molar-refractivity contribution in [3.63, 3.8) is 0 Å². The van der Waals surface area contributed by atoms with Crippen molar-refractivity contribution in [1.29, 1.82) is 0 Å². The van der Waals surface area contributed by atoms with Gasteiger partial charge in [-0.05, 0) is 5.56 Å². The molecular weight excluding hydrogens is 246 g/mol. The van der Waals surface area contributed by atoms with E-state index in [9.17, 15) is 4.79 Å². The highest BCUT2D eigenvalue weighted by Crippen LogP contribution is 2.38. The molecule has 0 spiro atoms. The number of hydrogen-bond donors (Lipinski definition) is 1. The molecule has 0 saturated heterocycles. The van der Waals surface area contributed by atoms with Gasteiger partial charge in [0, 0.05) is 0 Å². The minimum atomic E-state index is -1.79. The maximum absolute atomic E-state index is 11.0. The van der Waals surface area contributed by atoms with Gasteiger partial charge in [-0.25, -0.2) is 4.79 Å². The second kappa shape index (κ2) is 4.39.